The van der Waals surface area contributed by atoms with Crippen LogP contribution in [0.4, 0.5) is 5.69 Å². The maximum absolute atomic E-state index is 12.5. The third-order valence-electron chi connectivity index (χ3n) is 4.26. The maximum Gasteiger partial charge on any atom is 0.340 e. The number of esters is 2. The first kappa shape index (κ1) is 23.6. The number of hydrogen-bond donors (Lipinski definition) is 3. The number of ether oxygens (including phenoxy) is 2. The molecule has 5 N–H and O–H groups in total. The fraction of sp³-hybridized carbons (Fsp3) is 0.333. The Morgan fingerprint density at radius 3 is 1.87 bits per heavy atom. The number of carbonyl (C=O) groups excluding carboxylic acids is 4. The van der Waals surface area contributed by atoms with Crippen molar-refractivity contribution < 1.29 is 33.5 Å². The van der Waals surface area contributed by atoms with E-state index in [1.807, 2.05) is 0 Å². The van der Waals surface area contributed by atoms with Crippen molar-refractivity contribution in [3.8, 4) is 11.1 Å². The highest BCUT2D eigenvalue weighted by Crippen LogP contribution is 2.39. The van der Waals surface area contributed by atoms with Crippen LogP contribution < -0.4 is 16.9 Å². The molecular formula is C21H25N3O7. The van der Waals surface area contributed by atoms with Gasteiger partial charge in [-0.2, -0.15) is 0 Å². The van der Waals surface area contributed by atoms with Crippen LogP contribution in [0.1, 0.15) is 46.5 Å². The van der Waals surface area contributed by atoms with Crippen LogP contribution in [0.5, 0.6) is 0 Å². The second-order valence-corrected chi connectivity index (χ2v) is 6.44. The first-order chi connectivity index (χ1) is 14.8. The van der Waals surface area contributed by atoms with Crippen molar-refractivity contribution in [2.45, 2.75) is 26.7 Å². The van der Waals surface area contributed by atoms with Crippen molar-refractivity contribution in [2.75, 3.05) is 25.6 Å². The van der Waals surface area contributed by atoms with Gasteiger partial charge in [0.25, 0.3) is 0 Å². The van der Waals surface area contributed by atoms with Gasteiger partial charge in [0.1, 0.15) is 0 Å². The zero-order valence-electron chi connectivity index (χ0n) is 17.4. The molecule has 0 aromatic carbocycles. The summed E-state index contributed by atoms with van der Waals surface area (Å²) >= 11 is 0. The molecule has 0 unspecified atom stereocenters. The molecule has 166 valence electrons. The summed E-state index contributed by atoms with van der Waals surface area (Å²) in [6.07, 6.45) is -0.0725. The number of fused-ring (bicyclic) bond motifs is 1. The van der Waals surface area contributed by atoms with E-state index in [1.165, 1.54) is 0 Å². The zero-order chi connectivity index (χ0) is 23.0. The van der Waals surface area contributed by atoms with E-state index in [0.29, 0.717) is 16.7 Å². The Bertz CT molecular complexity index is 903. The van der Waals surface area contributed by atoms with Gasteiger partial charge >= 0.3 is 11.9 Å². The van der Waals surface area contributed by atoms with Gasteiger partial charge in [0.15, 0.2) is 0 Å². The summed E-state index contributed by atoms with van der Waals surface area (Å²) in [5, 5.41) is 0. The molecule has 0 spiro atoms. The number of nitrogens with two attached hydrogens (primary N) is 2. The molecule has 10 heteroatoms. The summed E-state index contributed by atoms with van der Waals surface area (Å²) in [5.41, 5.74) is 14.8. The van der Waals surface area contributed by atoms with Gasteiger partial charge in [0, 0.05) is 0 Å². The van der Waals surface area contributed by atoms with Crippen LogP contribution in [0, 0.1) is 0 Å². The fourth-order valence-corrected chi connectivity index (χ4v) is 2.94. The van der Waals surface area contributed by atoms with Crippen LogP contribution in [-0.4, -0.2) is 43.6 Å². The van der Waals surface area contributed by atoms with Gasteiger partial charge in [0.05, 0.1) is 49.5 Å². The van der Waals surface area contributed by atoms with Crippen LogP contribution in [0.2, 0.25) is 0 Å². The molecule has 0 fully saturated rings. The molecular weight excluding hydrogens is 406 g/mol. The number of hydrogen-bond acceptors (Lipinski definition) is 8. The Labute approximate surface area is 179 Å². The van der Waals surface area contributed by atoms with E-state index in [0.717, 1.165) is 0 Å². The number of hydroxylamine groups is 1. The van der Waals surface area contributed by atoms with E-state index in [-0.39, 0.29) is 49.5 Å². The summed E-state index contributed by atoms with van der Waals surface area (Å²) in [4.78, 5) is 52.5. The van der Waals surface area contributed by atoms with Crippen LogP contribution in [0.15, 0.2) is 24.3 Å². The topological polar surface area (TPSA) is 160 Å². The minimum absolute atomic E-state index is 0.0137. The summed E-state index contributed by atoms with van der Waals surface area (Å²) in [6, 6.07) is 6.44. The summed E-state index contributed by atoms with van der Waals surface area (Å²) in [6.45, 7) is 3.56. The Morgan fingerprint density at radius 2 is 1.42 bits per heavy atom. The zero-order valence-corrected chi connectivity index (χ0v) is 17.4. The van der Waals surface area contributed by atoms with Crippen LogP contribution in [-0.2, 0) is 30.3 Å². The molecule has 0 aliphatic heterocycles. The lowest BCUT2D eigenvalue weighted by molar-refractivity contribution is -0.134. The highest BCUT2D eigenvalue weighted by atomic mass is 16.6. The van der Waals surface area contributed by atoms with Crippen molar-refractivity contribution >= 4 is 29.4 Å². The Kier molecular flexibility index (Phi) is 8.33. The highest BCUT2D eigenvalue weighted by Gasteiger charge is 2.30. The highest BCUT2D eigenvalue weighted by molar-refractivity contribution is 6.15. The molecule has 0 saturated heterocycles. The lowest BCUT2D eigenvalue weighted by atomic mass is 10.1. The lowest BCUT2D eigenvalue weighted by Crippen LogP contribution is -2.27. The van der Waals surface area contributed by atoms with Crippen molar-refractivity contribution in [1.29, 1.82) is 0 Å². The molecule has 0 aromatic heterocycles. The number of rotatable bonds is 10. The molecule has 0 saturated carbocycles. The monoisotopic (exact) mass is 431 g/mol. The summed E-state index contributed by atoms with van der Waals surface area (Å²) in [7, 11) is 0. The standard InChI is InChI=1S/C21H25N3O7/c1-3-29-20(27)17-13-7-5-12(11-16(26)24-31-10-9-15(22)25)6-8-14(13)18(19(17)23)21(28)30-4-2/h5-8H,3-4,9-11,23H2,1-2H3,(H2,22,25)(H,24,26). The molecule has 0 aromatic rings. The molecule has 0 bridgehead atoms. The minimum atomic E-state index is -0.658. The summed E-state index contributed by atoms with van der Waals surface area (Å²) < 4.78 is 10.2. The number of primary amides is 1. The average molecular weight is 431 g/mol. The van der Waals surface area contributed by atoms with Crippen molar-refractivity contribution in [3.63, 3.8) is 0 Å². The first-order valence-corrected chi connectivity index (χ1v) is 9.67. The third-order valence-corrected chi connectivity index (χ3v) is 4.26. The van der Waals surface area contributed by atoms with Gasteiger partial charge in [0.2, 0.25) is 11.8 Å². The second kappa shape index (κ2) is 10.9. The lowest BCUT2D eigenvalue weighted by Gasteiger charge is -2.04. The van der Waals surface area contributed by atoms with Gasteiger partial charge in [-0.1, -0.05) is 24.3 Å². The largest absolute Gasteiger partial charge is 0.462 e. The number of amides is 2. The molecule has 2 amide bonds. The SMILES string of the molecule is CCOC(=O)c1c2ccc(CC(=O)NOCCC(N)=O)ccc-2c(C(=O)OCC)c1N. The van der Waals surface area contributed by atoms with Gasteiger partial charge in [-0.3, -0.25) is 14.4 Å². The molecule has 2 aliphatic rings. The quantitative estimate of drug-likeness (QED) is 0.287. The van der Waals surface area contributed by atoms with Crippen molar-refractivity contribution in [3.05, 3.63) is 41.0 Å². The third kappa shape index (κ3) is 5.92. The van der Waals surface area contributed by atoms with Gasteiger partial charge in [-0.15, -0.1) is 0 Å². The summed E-state index contributed by atoms with van der Waals surface area (Å²) in [5.74, 6) is -2.31. The normalized spacial score (nSPS) is 10.5. The second-order valence-electron chi connectivity index (χ2n) is 6.44. The van der Waals surface area contributed by atoms with E-state index in [1.54, 1.807) is 38.1 Å². The predicted molar refractivity (Wildman–Crippen MR) is 111 cm³/mol. The van der Waals surface area contributed by atoms with E-state index in [2.05, 4.69) is 5.48 Å². The molecule has 2 rings (SSSR count). The number of nitrogen functional groups attached to an aromatic ring is 1. The van der Waals surface area contributed by atoms with Crippen LogP contribution >= 0.6 is 0 Å². The van der Waals surface area contributed by atoms with Crippen molar-refractivity contribution in [1.82, 2.24) is 5.48 Å². The molecule has 31 heavy (non-hydrogen) atoms. The van der Waals surface area contributed by atoms with E-state index < -0.39 is 23.8 Å². The van der Waals surface area contributed by atoms with Crippen molar-refractivity contribution in [2.24, 2.45) is 5.73 Å². The van der Waals surface area contributed by atoms with Crippen LogP contribution in [0.25, 0.3) is 11.1 Å². The Hall–Kier alpha value is -3.66. The molecule has 2 aliphatic carbocycles. The first-order valence-electron chi connectivity index (χ1n) is 9.67. The Morgan fingerprint density at radius 1 is 0.903 bits per heavy atom. The number of carbonyl (C=O) groups is 4. The molecule has 10 nitrogen and oxygen atoms in total. The van der Waals surface area contributed by atoms with Crippen LogP contribution in [0.3, 0.4) is 0 Å². The van der Waals surface area contributed by atoms with Gasteiger partial charge in [-0.05, 0) is 30.5 Å². The van der Waals surface area contributed by atoms with Gasteiger partial charge < -0.3 is 20.9 Å². The molecule has 0 heterocycles. The van der Waals surface area contributed by atoms with Gasteiger partial charge in [-0.25, -0.2) is 15.1 Å². The van der Waals surface area contributed by atoms with E-state index >= 15 is 0 Å². The fourth-order valence-electron chi connectivity index (χ4n) is 2.94. The average Bonchev–Trinajstić information content (AvgIpc) is 2.84. The number of nitrogens with one attached hydrogen (secondary N) is 1. The molecule has 0 radical (unpaired) electrons. The smallest absolute Gasteiger partial charge is 0.340 e. The Balaban J connectivity index is 2.35. The minimum Gasteiger partial charge on any atom is -0.462 e. The van der Waals surface area contributed by atoms with E-state index in [4.69, 9.17) is 25.8 Å². The number of anilines is 1. The maximum atomic E-state index is 12.5. The predicted octanol–water partition coefficient (Wildman–Crippen LogP) is 1.19. The molecule has 0 atom stereocenters. The van der Waals surface area contributed by atoms with E-state index in [9.17, 15) is 19.2 Å².